The minimum absolute atomic E-state index is 0.0268. The SMILES string of the molecule is O=C(c1ccc(C2(O)COC2)cc1)N1CCC(Nc2ncc(C(F)(F)F)cn2)CC1. The summed E-state index contributed by atoms with van der Waals surface area (Å²) in [4.78, 5) is 21.9. The van der Waals surface area contributed by atoms with Crippen molar-refractivity contribution in [2.75, 3.05) is 31.6 Å². The van der Waals surface area contributed by atoms with Crippen LogP contribution in [-0.4, -0.2) is 58.2 Å². The molecule has 0 unspecified atom stereocenters. The second kappa shape index (κ2) is 7.84. The molecule has 2 saturated heterocycles. The van der Waals surface area contributed by atoms with Crippen molar-refractivity contribution in [1.29, 1.82) is 0 Å². The van der Waals surface area contributed by atoms with Crippen molar-refractivity contribution in [3.63, 3.8) is 0 Å². The first kappa shape index (κ1) is 20.5. The van der Waals surface area contributed by atoms with Crippen molar-refractivity contribution in [3.05, 3.63) is 53.3 Å². The number of ether oxygens (including phenoxy) is 1. The standard InChI is InChI=1S/C20H21F3N4O3/c21-20(22,23)15-9-24-18(25-10-15)26-16-5-7-27(8-6-16)17(28)13-1-3-14(4-2-13)19(29)11-30-12-19/h1-4,9-10,16,29H,5-8,11-12H2,(H,24,25,26). The van der Waals surface area contributed by atoms with Crippen LogP contribution in [0, 0.1) is 0 Å². The minimum Gasteiger partial charge on any atom is -0.380 e. The first-order valence-corrected chi connectivity index (χ1v) is 9.60. The number of piperidine rings is 1. The van der Waals surface area contributed by atoms with Gasteiger partial charge < -0.3 is 20.1 Å². The fraction of sp³-hybridized carbons (Fsp3) is 0.450. The smallest absolute Gasteiger partial charge is 0.380 e. The number of nitrogens with zero attached hydrogens (tertiary/aromatic N) is 3. The van der Waals surface area contributed by atoms with Crippen LogP contribution in [0.2, 0.25) is 0 Å². The van der Waals surface area contributed by atoms with Crippen LogP contribution in [0.15, 0.2) is 36.7 Å². The predicted molar refractivity (Wildman–Crippen MR) is 101 cm³/mol. The number of likely N-dealkylation sites (tertiary alicyclic amines) is 1. The maximum absolute atomic E-state index is 12.7. The third-order valence-corrected chi connectivity index (χ3v) is 5.45. The zero-order chi connectivity index (χ0) is 21.4. The molecule has 2 aliphatic heterocycles. The zero-order valence-corrected chi connectivity index (χ0v) is 16.0. The summed E-state index contributed by atoms with van der Waals surface area (Å²) in [6.45, 7) is 1.53. The molecule has 0 spiro atoms. The van der Waals surface area contributed by atoms with Crippen molar-refractivity contribution >= 4 is 11.9 Å². The molecule has 10 heteroatoms. The lowest BCUT2D eigenvalue weighted by molar-refractivity contribution is -0.184. The maximum atomic E-state index is 12.7. The fourth-order valence-corrected chi connectivity index (χ4v) is 3.53. The molecular weight excluding hydrogens is 401 g/mol. The second-order valence-electron chi connectivity index (χ2n) is 7.61. The van der Waals surface area contributed by atoms with Gasteiger partial charge in [-0.05, 0) is 30.5 Å². The molecule has 3 heterocycles. The Morgan fingerprint density at radius 2 is 1.73 bits per heavy atom. The Kier molecular flexibility index (Phi) is 5.37. The highest BCUT2D eigenvalue weighted by atomic mass is 19.4. The number of alkyl halides is 3. The number of amides is 1. The Balaban J connectivity index is 1.30. The van der Waals surface area contributed by atoms with Crippen LogP contribution in [0.4, 0.5) is 19.1 Å². The highest BCUT2D eigenvalue weighted by Crippen LogP contribution is 2.30. The third kappa shape index (κ3) is 4.24. The van der Waals surface area contributed by atoms with Gasteiger partial charge >= 0.3 is 6.18 Å². The Morgan fingerprint density at radius 3 is 2.23 bits per heavy atom. The number of hydrogen-bond donors (Lipinski definition) is 2. The van der Waals surface area contributed by atoms with Crippen LogP contribution in [-0.2, 0) is 16.5 Å². The largest absolute Gasteiger partial charge is 0.419 e. The number of aliphatic hydroxyl groups is 1. The van der Waals surface area contributed by atoms with E-state index in [2.05, 4.69) is 15.3 Å². The Morgan fingerprint density at radius 1 is 1.13 bits per heavy atom. The van der Waals surface area contributed by atoms with Crippen molar-refractivity contribution < 1.29 is 27.8 Å². The number of carbonyl (C=O) groups is 1. The quantitative estimate of drug-likeness (QED) is 0.787. The summed E-state index contributed by atoms with van der Waals surface area (Å²) in [5, 5.41) is 13.3. The van der Waals surface area contributed by atoms with Gasteiger partial charge in [0, 0.05) is 37.1 Å². The van der Waals surface area contributed by atoms with E-state index in [1.165, 1.54) is 0 Å². The Bertz CT molecular complexity index is 891. The van der Waals surface area contributed by atoms with E-state index in [0.29, 0.717) is 31.5 Å². The van der Waals surface area contributed by atoms with E-state index in [4.69, 9.17) is 4.74 Å². The Hall–Kier alpha value is -2.72. The van der Waals surface area contributed by atoms with Gasteiger partial charge in [-0.3, -0.25) is 4.79 Å². The van der Waals surface area contributed by atoms with Crippen molar-refractivity contribution in [2.24, 2.45) is 0 Å². The second-order valence-corrected chi connectivity index (χ2v) is 7.61. The van der Waals surface area contributed by atoms with Crippen LogP contribution >= 0.6 is 0 Å². The number of nitrogens with one attached hydrogen (secondary N) is 1. The van der Waals surface area contributed by atoms with Gasteiger partial charge in [-0.2, -0.15) is 13.2 Å². The molecule has 0 radical (unpaired) electrons. The van der Waals surface area contributed by atoms with Gasteiger partial charge in [0.15, 0.2) is 0 Å². The van der Waals surface area contributed by atoms with Crippen LogP contribution in [0.25, 0.3) is 0 Å². The molecule has 2 aliphatic rings. The van der Waals surface area contributed by atoms with Gasteiger partial charge in [-0.25, -0.2) is 9.97 Å². The summed E-state index contributed by atoms with van der Waals surface area (Å²) in [6.07, 6.45) is -1.70. The van der Waals surface area contributed by atoms with Gasteiger partial charge in [-0.15, -0.1) is 0 Å². The van der Waals surface area contributed by atoms with Crippen molar-refractivity contribution in [1.82, 2.24) is 14.9 Å². The number of carbonyl (C=O) groups excluding carboxylic acids is 1. The fourth-order valence-electron chi connectivity index (χ4n) is 3.53. The summed E-state index contributed by atoms with van der Waals surface area (Å²) in [6, 6.07) is 6.86. The summed E-state index contributed by atoms with van der Waals surface area (Å²) in [5.74, 6) is 0.0453. The van der Waals surface area contributed by atoms with E-state index in [1.807, 2.05) is 0 Å². The number of hydrogen-bond acceptors (Lipinski definition) is 6. The summed E-state index contributed by atoms with van der Waals surface area (Å²) < 4.78 is 42.8. The minimum atomic E-state index is -4.47. The molecule has 0 bridgehead atoms. The van der Waals surface area contributed by atoms with Gasteiger partial charge in [0.25, 0.3) is 5.91 Å². The topological polar surface area (TPSA) is 87.6 Å². The van der Waals surface area contributed by atoms with Crippen molar-refractivity contribution in [3.8, 4) is 0 Å². The predicted octanol–water partition coefficient (Wildman–Crippen LogP) is 2.43. The molecule has 30 heavy (non-hydrogen) atoms. The van der Waals surface area contributed by atoms with Crippen molar-refractivity contribution in [2.45, 2.75) is 30.7 Å². The normalized spacial score (nSPS) is 19.3. The molecule has 1 aromatic heterocycles. The maximum Gasteiger partial charge on any atom is 0.419 e. The zero-order valence-electron chi connectivity index (χ0n) is 16.0. The molecule has 4 rings (SSSR count). The summed E-state index contributed by atoms with van der Waals surface area (Å²) >= 11 is 0. The number of halogens is 3. The average Bonchev–Trinajstić information content (AvgIpc) is 2.72. The van der Waals surface area contributed by atoms with Crippen LogP contribution < -0.4 is 5.32 Å². The number of rotatable bonds is 4. The summed E-state index contributed by atoms with van der Waals surface area (Å²) in [5.41, 5.74) is -0.590. The molecule has 1 aromatic carbocycles. The average molecular weight is 422 g/mol. The molecule has 160 valence electrons. The number of anilines is 1. The van der Waals surface area contributed by atoms with Crippen LogP contribution in [0.3, 0.4) is 0 Å². The molecule has 2 fully saturated rings. The highest BCUT2D eigenvalue weighted by Gasteiger charge is 2.38. The van der Waals surface area contributed by atoms with E-state index >= 15 is 0 Å². The molecule has 1 amide bonds. The first-order valence-electron chi connectivity index (χ1n) is 9.60. The van der Waals surface area contributed by atoms with Gasteiger partial charge in [0.1, 0.15) is 5.60 Å². The van der Waals surface area contributed by atoms with E-state index < -0.39 is 17.3 Å². The lowest BCUT2D eigenvalue weighted by Gasteiger charge is -2.37. The molecule has 0 aliphatic carbocycles. The molecule has 0 saturated carbocycles. The molecule has 2 N–H and O–H groups in total. The molecular formula is C20H21F3N4O3. The van der Waals surface area contributed by atoms with Crippen LogP contribution in [0.1, 0.15) is 34.3 Å². The monoisotopic (exact) mass is 422 g/mol. The lowest BCUT2D eigenvalue weighted by Crippen LogP contribution is -2.46. The first-order chi connectivity index (χ1) is 14.2. The third-order valence-electron chi connectivity index (χ3n) is 5.45. The van der Waals surface area contributed by atoms with Gasteiger partial charge in [-0.1, -0.05) is 12.1 Å². The van der Waals surface area contributed by atoms with Gasteiger partial charge in [0.05, 0.1) is 18.8 Å². The van der Waals surface area contributed by atoms with Crippen LogP contribution in [0.5, 0.6) is 0 Å². The summed E-state index contributed by atoms with van der Waals surface area (Å²) in [7, 11) is 0. The van der Waals surface area contributed by atoms with E-state index in [0.717, 1.165) is 18.0 Å². The Labute approximate surface area is 170 Å². The van der Waals surface area contributed by atoms with E-state index in [9.17, 15) is 23.1 Å². The molecule has 2 aromatic rings. The van der Waals surface area contributed by atoms with E-state index in [1.54, 1.807) is 29.2 Å². The lowest BCUT2D eigenvalue weighted by atomic mass is 9.91. The molecule has 7 nitrogen and oxygen atoms in total. The van der Waals surface area contributed by atoms with E-state index in [-0.39, 0.29) is 31.1 Å². The highest BCUT2D eigenvalue weighted by molar-refractivity contribution is 5.94. The molecule has 0 atom stereocenters. The van der Waals surface area contributed by atoms with Gasteiger partial charge in [0.2, 0.25) is 5.95 Å². The number of aromatic nitrogens is 2. The number of benzene rings is 1.